The summed E-state index contributed by atoms with van der Waals surface area (Å²) in [4.78, 5) is 7.10. The van der Waals surface area contributed by atoms with Crippen LogP contribution in [0.25, 0.3) is 16.8 Å². The van der Waals surface area contributed by atoms with Gasteiger partial charge in [0.15, 0.2) is 5.65 Å². The van der Waals surface area contributed by atoms with Crippen LogP contribution in [0.5, 0.6) is 5.75 Å². The lowest BCUT2D eigenvalue weighted by atomic mass is 10.1. The number of nitrogens with zero attached hydrogens (tertiary/aromatic N) is 4. The molecule has 1 aliphatic heterocycles. The number of benzene rings is 1. The number of ether oxygens (including phenoxy) is 1. The number of aromatic nitrogens is 3. The van der Waals surface area contributed by atoms with Gasteiger partial charge in [0, 0.05) is 24.8 Å². The highest BCUT2D eigenvalue weighted by Crippen LogP contribution is 2.27. The molecule has 0 unspecified atom stereocenters. The molecule has 4 rings (SSSR count). The molecule has 0 saturated carbocycles. The van der Waals surface area contributed by atoms with Crippen LogP contribution in [-0.4, -0.2) is 52.8 Å². The molecule has 3 heterocycles. The number of hydrogen-bond acceptors (Lipinski definition) is 5. The summed E-state index contributed by atoms with van der Waals surface area (Å²) < 4.78 is 7.75. The van der Waals surface area contributed by atoms with Crippen LogP contribution in [-0.2, 0) is 0 Å². The van der Waals surface area contributed by atoms with Gasteiger partial charge in [-0.3, -0.25) is 0 Å². The van der Waals surface area contributed by atoms with Crippen molar-refractivity contribution in [2.24, 2.45) is 0 Å². The van der Waals surface area contributed by atoms with Crippen molar-refractivity contribution >= 4 is 11.5 Å². The first-order valence-electron chi connectivity index (χ1n) is 8.80. The van der Waals surface area contributed by atoms with Crippen molar-refractivity contribution in [3.63, 3.8) is 0 Å². The Labute approximate surface area is 147 Å². The molecular weight excluding hydrogens is 314 g/mol. The van der Waals surface area contributed by atoms with Gasteiger partial charge >= 0.3 is 0 Å². The molecule has 6 nitrogen and oxygen atoms in total. The first-order valence-corrected chi connectivity index (χ1v) is 8.80. The molecule has 6 heteroatoms. The zero-order valence-corrected chi connectivity index (χ0v) is 14.5. The molecule has 25 heavy (non-hydrogen) atoms. The Morgan fingerprint density at radius 2 is 2.08 bits per heavy atom. The van der Waals surface area contributed by atoms with Crippen molar-refractivity contribution in [1.29, 1.82) is 0 Å². The standard InChI is InChI=1S/C19H23N5O/c1-23-9-3-8-20-18-7-11-24-19(22-18)17(14-21-24)15-5-2-6-16(13-15)25-12-4-10-23/h2,5-7,11,13-14H,3-4,8-10,12H2,1H3,(H,20,22). The topological polar surface area (TPSA) is 54.7 Å². The van der Waals surface area contributed by atoms with E-state index in [1.807, 2.05) is 35.1 Å². The first kappa shape index (κ1) is 15.9. The van der Waals surface area contributed by atoms with E-state index in [0.717, 1.165) is 67.4 Å². The Hall–Kier alpha value is -2.60. The molecule has 0 amide bonds. The highest BCUT2D eigenvalue weighted by atomic mass is 16.5. The monoisotopic (exact) mass is 337 g/mol. The van der Waals surface area contributed by atoms with E-state index in [4.69, 9.17) is 9.72 Å². The summed E-state index contributed by atoms with van der Waals surface area (Å²) in [5.41, 5.74) is 2.94. The lowest BCUT2D eigenvalue weighted by molar-refractivity contribution is 0.262. The maximum atomic E-state index is 5.94. The molecule has 0 spiro atoms. The predicted octanol–water partition coefficient (Wildman–Crippen LogP) is 2.91. The minimum absolute atomic E-state index is 0.725. The molecule has 2 aromatic heterocycles. The first-order chi connectivity index (χ1) is 12.3. The van der Waals surface area contributed by atoms with Crippen LogP contribution in [0.4, 0.5) is 5.82 Å². The van der Waals surface area contributed by atoms with Crippen molar-refractivity contribution in [2.45, 2.75) is 12.8 Å². The number of nitrogens with one attached hydrogen (secondary N) is 1. The Bertz CT molecular complexity index is 860. The smallest absolute Gasteiger partial charge is 0.165 e. The predicted molar refractivity (Wildman–Crippen MR) is 99.1 cm³/mol. The van der Waals surface area contributed by atoms with Crippen LogP contribution >= 0.6 is 0 Å². The third-order valence-electron chi connectivity index (χ3n) is 4.49. The van der Waals surface area contributed by atoms with E-state index < -0.39 is 0 Å². The van der Waals surface area contributed by atoms with Crippen LogP contribution in [0.1, 0.15) is 12.8 Å². The van der Waals surface area contributed by atoms with Gasteiger partial charge in [-0.15, -0.1) is 0 Å². The van der Waals surface area contributed by atoms with Crippen LogP contribution in [0.3, 0.4) is 0 Å². The Kier molecular flexibility index (Phi) is 4.52. The van der Waals surface area contributed by atoms with Crippen LogP contribution in [0.2, 0.25) is 0 Å². The van der Waals surface area contributed by atoms with E-state index in [9.17, 15) is 0 Å². The minimum atomic E-state index is 0.725. The summed E-state index contributed by atoms with van der Waals surface area (Å²) in [5.74, 6) is 1.78. The van der Waals surface area contributed by atoms with E-state index in [-0.39, 0.29) is 0 Å². The molecular formula is C19H23N5O. The highest BCUT2D eigenvalue weighted by Gasteiger charge is 2.10. The van der Waals surface area contributed by atoms with Gasteiger partial charge in [0.25, 0.3) is 0 Å². The Balaban J connectivity index is 1.71. The van der Waals surface area contributed by atoms with E-state index in [2.05, 4.69) is 34.5 Å². The quantitative estimate of drug-likeness (QED) is 0.683. The average molecular weight is 337 g/mol. The van der Waals surface area contributed by atoms with Crippen LogP contribution in [0.15, 0.2) is 42.7 Å². The van der Waals surface area contributed by atoms with E-state index >= 15 is 0 Å². The van der Waals surface area contributed by atoms with Gasteiger partial charge in [-0.1, -0.05) is 12.1 Å². The normalized spacial score (nSPS) is 16.5. The maximum absolute atomic E-state index is 5.94. The van der Waals surface area contributed by atoms with E-state index in [1.165, 1.54) is 0 Å². The average Bonchev–Trinajstić information content (AvgIpc) is 3.05. The summed E-state index contributed by atoms with van der Waals surface area (Å²) >= 11 is 0. The van der Waals surface area contributed by atoms with Crippen molar-refractivity contribution in [1.82, 2.24) is 19.5 Å². The van der Waals surface area contributed by atoms with Gasteiger partial charge in [-0.2, -0.15) is 5.10 Å². The second kappa shape index (κ2) is 7.11. The van der Waals surface area contributed by atoms with Crippen molar-refractivity contribution in [3.8, 4) is 16.9 Å². The van der Waals surface area contributed by atoms with Crippen molar-refractivity contribution < 1.29 is 4.74 Å². The fourth-order valence-electron chi connectivity index (χ4n) is 3.13. The molecule has 0 saturated heterocycles. The third kappa shape index (κ3) is 3.58. The van der Waals surface area contributed by atoms with Crippen LogP contribution in [0, 0.1) is 0 Å². The summed E-state index contributed by atoms with van der Waals surface area (Å²) in [6.45, 7) is 3.73. The van der Waals surface area contributed by atoms with Crippen molar-refractivity contribution in [3.05, 3.63) is 42.7 Å². The molecule has 0 atom stereocenters. The molecule has 0 aliphatic carbocycles. The zero-order valence-electron chi connectivity index (χ0n) is 14.5. The Morgan fingerprint density at radius 1 is 1.16 bits per heavy atom. The van der Waals surface area contributed by atoms with Gasteiger partial charge in [0.2, 0.25) is 0 Å². The molecule has 0 radical (unpaired) electrons. The molecule has 0 fully saturated rings. The fourth-order valence-corrected chi connectivity index (χ4v) is 3.13. The highest BCUT2D eigenvalue weighted by molar-refractivity contribution is 5.78. The third-order valence-corrected chi connectivity index (χ3v) is 4.49. The van der Waals surface area contributed by atoms with E-state index in [0.29, 0.717) is 0 Å². The summed E-state index contributed by atoms with van der Waals surface area (Å²) in [6, 6.07) is 10.1. The second-order valence-corrected chi connectivity index (χ2v) is 6.45. The maximum Gasteiger partial charge on any atom is 0.165 e. The SMILES string of the molecule is CN1CCCNc2ccn3ncc(c3n2)-c2cccc(c2)OCCC1. The molecule has 1 N–H and O–H groups in total. The molecule has 130 valence electrons. The van der Waals surface area contributed by atoms with Gasteiger partial charge < -0.3 is 15.0 Å². The van der Waals surface area contributed by atoms with E-state index in [1.54, 1.807) is 0 Å². The van der Waals surface area contributed by atoms with Crippen LogP contribution < -0.4 is 10.1 Å². The zero-order chi connectivity index (χ0) is 17.1. The van der Waals surface area contributed by atoms with Gasteiger partial charge in [0.1, 0.15) is 11.6 Å². The molecule has 1 aromatic carbocycles. The minimum Gasteiger partial charge on any atom is -0.494 e. The molecule has 3 aromatic rings. The molecule has 4 bridgehead atoms. The lowest BCUT2D eigenvalue weighted by Crippen LogP contribution is -2.24. The largest absolute Gasteiger partial charge is 0.494 e. The number of hydrogen-bond donors (Lipinski definition) is 1. The fraction of sp³-hybridized carbons (Fsp3) is 0.368. The van der Waals surface area contributed by atoms with Gasteiger partial charge in [-0.25, -0.2) is 9.50 Å². The summed E-state index contributed by atoms with van der Waals surface area (Å²) in [5, 5.41) is 7.85. The summed E-state index contributed by atoms with van der Waals surface area (Å²) in [7, 11) is 2.16. The number of fused-ring (bicyclic) bond motifs is 4. The lowest BCUT2D eigenvalue weighted by Gasteiger charge is -2.17. The second-order valence-electron chi connectivity index (χ2n) is 6.45. The van der Waals surface area contributed by atoms with Gasteiger partial charge in [-0.05, 0) is 50.2 Å². The van der Waals surface area contributed by atoms with Gasteiger partial charge in [0.05, 0.1) is 12.8 Å². The molecule has 1 aliphatic rings. The van der Waals surface area contributed by atoms with Crippen molar-refractivity contribution in [2.75, 3.05) is 38.6 Å². The Morgan fingerprint density at radius 3 is 3.04 bits per heavy atom. The summed E-state index contributed by atoms with van der Waals surface area (Å²) in [6.07, 6.45) is 5.91. The number of rotatable bonds is 0. The number of anilines is 1.